The third-order valence-electron chi connectivity index (χ3n) is 9.69. The topological polar surface area (TPSA) is 108 Å². The number of quaternary nitrogens is 1. The fourth-order valence-corrected chi connectivity index (χ4v) is 6.66. The smallest absolute Gasteiger partial charge is 0.268 e. The molecule has 2 N–H and O–H groups in total. The summed E-state index contributed by atoms with van der Waals surface area (Å²) in [5.74, 6) is -0.228. The Morgan fingerprint density at radius 2 is 1.02 bits per heavy atom. The highest BCUT2D eigenvalue weighted by Crippen LogP contribution is 2.38. The van der Waals surface area contributed by atoms with Gasteiger partial charge in [-0.15, -0.1) is 0 Å². The summed E-state index contributed by atoms with van der Waals surface area (Å²) in [5, 5.41) is 13.7. The number of nitrogens with one attached hydrogen (secondary N) is 1. The second kappa shape index (κ2) is 42.5. The van der Waals surface area contributed by atoms with E-state index in [1.165, 1.54) is 38.5 Å². The number of likely N-dealkylation sites (N-methyl/N-ethyl adjacent to an activating group) is 1. The molecule has 0 aromatic carbocycles. The molecule has 0 rings (SSSR count). The van der Waals surface area contributed by atoms with Crippen molar-refractivity contribution in [3.05, 3.63) is 109 Å². The molecule has 61 heavy (non-hydrogen) atoms. The van der Waals surface area contributed by atoms with Gasteiger partial charge in [0.25, 0.3) is 7.82 Å². The summed E-state index contributed by atoms with van der Waals surface area (Å²) < 4.78 is 23.2. The number of rotatable bonds is 41. The van der Waals surface area contributed by atoms with E-state index in [9.17, 15) is 19.4 Å². The Morgan fingerprint density at radius 1 is 0.590 bits per heavy atom. The summed E-state index contributed by atoms with van der Waals surface area (Å²) in [6.07, 6.45) is 61.5. The van der Waals surface area contributed by atoms with Gasteiger partial charge in [0.1, 0.15) is 13.2 Å². The molecule has 0 radical (unpaired) electrons. The molecule has 0 aliphatic carbocycles. The minimum atomic E-state index is -4.61. The van der Waals surface area contributed by atoms with Gasteiger partial charge in [0.2, 0.25) is 5.91 Å². The lowest BCUT2D eigenvalue weighted by Crippen LogP contribution is -2.45. The summed E-state index contributed by atoms with van der Waals surface area (Å²) in [6.45, 7) is 4.41. The van der Waals surface area contributed by atoms with Crippen LogP contribution in [0.25, 0.3) is 0 Å². The molecule has 0 bridgehead atoms. The summed E-state index contributed by atoms with van der Waals surface area (Å²) >= 11 is 0. The fraction of sp³-hybridized carbons (Fsp3) is 0.635. The first-order chi connectivity index (χ1) is 29.5. The molecular formula is C52H89N2O6P. The van der Waals surface area contributed by atoms with E-state index >= 15 is 0 Å². The van der Waals surface area contributed by atoms with Crippen molar-refractivity contribution in [2.75, 3.05) is 40.9 Å². The highest BCUT2D eigenvalue weighted by atomic mass is 31.2. The Hall–Kier alpha value is -2.84. The number of phosphoric acid groups is 1. The number of aliphatic hydroxyl groups is 1. The molecule has 0 heterocycles. The van der Waals surface area contributed by atoms with E-state index in [2.05, 4.69) is 116 Å². The lowest BCUT2D eigenvalue weighted by molar-refractivity contribution is -0.870. The molecule has 3 unspecified atom stereocenters. The molecule has 0 saturated carbocycles. The minimum Gasteiger partial charge on any atom is -0.756 e. The van der Waals surface area contributed by atoms with Gasteiger partial charge in [0.15, 0.2) is 0 Å². The highest BCUT2D eigenvalue weighted by molar-refractivity contribution is 7.45. The molecule has 1 amide bonds. The number of hydrogen-bond acceptors (Lipinski definition) is 6. The van der Waals surface area contributed by atoms with Crippen molar-refractivity contribution in [3.63, 3.8) is 0 Å². The SMILES string of the molecule is CC/C=C\C/C=C\C/C=C\C/C=C\C/C=C\C/C=C\CCCCCCCCCCC(=O)NC(COP(=O)([O-])OCC[N+](C)(C)C)C(O)/C=C/CC/C=C/CC/C=C/CCCC. The van der Waals surface area contributed by atoms with Gasteiger partial charge in [-0.1, -0.05) is 175 Å². The van der Waals surface area contributed by atoms with E-state index in [0.717, 1.165) is 103 Å². The van der Waals surface area contributed by atoms with Crippen LogP contribution in [0.1, 0.15) is 162 Å². The molecule has 0 aromatic heterocycles. The van der Waals surface area contributed by atoms with Crippen molar-refractivity contribution >= 4 is 13.7 Å². The van der Waals surface area contributed by atoms with Crippen molar-refractivity contribution < 1.29 is 32.9 Å². The number of carbonyl (C=O) groups is 1. The van der Waals surface area contributed by atoms with Crippen LogP contribution < -0.4 is 10.2 Å². The fourth-order valence-electron chi connectivity index (χ4n) is 5.94. The van der Waals surface area contributed by atoms with Crippen LogP contribution in [0, 0.1) is 0 Å². The monoisotopic (exact) mass is 869 g/mol. The Kier molecular flexibility index (Phi) is 40.5. The van der Waals surface area contributed by atoms with Crippen molar-refractivity contribution in [2.45, 2.75) is 174 Å². The zero-order valence-electron chi connectivity index (χ0n) is 39.3. The molecule has 0 aromatic rings. The molecule has 0 aliphatic heterocycles. The lowest BCUT2D eigenvalue weighted by Gasteiger charge is -2.29. The molecular weight excluding hydrogens is 780 g/mol. The largest absolute Gasteiger partial charge is 0.756 e. The van der Waals surface area contributed by atoms with Gasteiger partial charge < -0.3 is 28.8 Å². The Bertz CT molecular complexity index is 1350. The lowest BCUT2D eigenvalue weighted by atomic mass is 10.1. The maximum Gasteiger partial charge on any atom is 0.268 e. The van der Waals surface area contributed by atoms with Crippen LogP contribution in [0.4, 0.5) is 0 Å². The third kappa shape index (κ3) is 45.0. The van der Waals surface area contributed by atoms with E-state index in [0.29, 0.717) is 17.4 Å². The second-order valence-corrected chi connectivity index (χ2v) is 18.1. The molecule has 0 fully saturated rings. The highest BCUT2D eigenvalue weighted by Gasteiger charge is 2.23. The van der Waals surface area contributed by atoms with Gasteiger partial charge in [-0.25, -0.2) is 0 Å². The van der Waals surface area contributed by atoms with E-state index < -0.39 is 26.6 Å². The van der Waals surface area contributed by atoms with Crippen molar-refractivity contribution in [1.29, 1.82) is 0 Å². The molecule has 348 valence electrons. The quantitative estimate of drug-likeness (QED) is 0.0274. The summed E-state index contributed by atoms with van der Waals surface area (Å²) in [6, 6.07) is -0.920. The van der Waals surface area contributed by atoms with Crippen molar-refractivity contribution in [1.82, 2.24) is 5.32 Å². The third-order valence-corrected chi connectivity index (χ3v) is 10.7. The predicted molar refractivity (Wildman–Crippen MR) is 260 cm³/mol. The number of phosphoric ester groups is 1. The summed E-state index contributed by atoms with van der Waals surface area (Å²) in [5.41, 5.74) is 0. The number of hydrogen-bond donors (Lipinski definition) is 2. The summed E-state index contributed by atoms with van der Waals surface area (Å²) in [7, 11) is 1.21. The van der Waals surface area contributed by atoms with E-state index in [1.807, 2.05) is 27.2 Å². The maximum atomic E-state index is 12.9. The first-order valence-electron chi connectivity index (χ1n) is 23.7. The minimum absolute atomic E-state index is 0.0171. The van der Waals surface area contributed by atoms with Crippen LogP contribution in [0.3, 0.4) is 0 Å². The average molecular weight is 869 g/mol. The first kappa shape index (κ1) is 58.2. The Morgan fingerprint density at radius 3 is 1.52 bits per heavy atom. The second-order valence-electron chi connectivity index (χ2n) is 16.7. The van der Waals surface area contributed by atoms with Gasteiger partial charge >= 0.3 is 0 Å². The number of aliphatic hydroxyl groups excluding tert-OH is 1. The molecule has 3 atom stereocenters. The van der Waals surface area contributed by atoms with E-state index in [4.69, 9.17) is 9.05 Å². The van der Waals surface area contributed by atoms with Gasteiger partial charge in [-0.3, -0.25) is 9.36 Å². The normalized spacial score (nSPS) is 15.2. The van der Waals surface area contributed by atoms with Gasteiger partial charge in [-0.2, -0.15) is 0 Å². The average Bonchev–Trinajstić information content (AvgIpc) is 3.21. The molecule has 0 spiro atoms. The van der Waals surface area contributed by atoms with Crippen molar-refractivity contribution in [3.8, 4) is 0 Å². The van der Waals surface area contributed by atoms with Crippen LogP contribution >= 0.6 is 7.82 Å². The van der Waals surface area contributed by atoms with Crippen LogP contribution in [-0.2, 0) is 18.4 Å². The Balaban J connectivity index is 4.33. The predicted octanol–water partition coefficient (Wildman–Crippen LogP) is 13.1. The molecule has 0 saturated heterocycles. The molecule has 9 heteroatoms. The van der Waals surface area contributed by atoms with Crippen LogP contribution in [-0.4, -0.2) is 68.5 Å². The molecule has 0 aliphatic rings. The zero-order chi connectivity index (χ0) is 45.0. The van der Waals surface area contributed by atoms with Gasteiger partial charge in [0, 0.05) is 6.42 Å². The number of carbonyl (C=O) groups excluding carboxylic acids is 1. The number of amides is 1. The van der Waals surface area contributed by atoms with Crippen molar-refractivity contribution in [2.24, 2.45) is 0 Å². The number of allylic oxidation sites excluding steroid dienone is 17. The van der Waals surface area contributed by atoms with Crippen LogP contribution in [0.2, 0.25) is 0 Å². The molecule has 8 nitrogen and oxygen atoms in total. The maximum absolute atomic E-state index is 12.9. The van der Waals surface area contributed by atoms with Gasteiger partial charge in [-0.05, 0) is 89.9 Å². The van der Waals surface area contributed by atoms with Crippen LogP contribution in [0.15, 0.2) is 109 Å². The van der Waals surface area contributed by atoms with E-state index in [-0.39, 0.29) is 12.5 Å². The van der Waals surface area contributed by atoms with Crippen LogP contribution in [0.5, 0.6) is 0 Å². The number of unbranched alkanes of at least 4 members (excludes halogenated alkanes) is 12. The number of nitrogens with zero attached hydrogens (tertiary/aromatic N) is 1. The first-order valence-corrected chi connectivity index (χ1v) is 25.2. The summed E-state index contributed by atoms with van der Waals surface area (Å²) in [4.78, 5) is 25.3. The zero-order valence-corrected chi connectivity index (χ0v) is 40.2. The van der Waals surface area contributed by atoms with Gasteiger partial charge in [0.05, 0.1) is 39.9 Å². The van der Waals surface area contributed by atoms with E-state index in [1.54, 1.807) is 6.08 Å². The Labute approximate surface area is 374 Å². The standard InChI is InChI=1S/C52H89N2O6P/c1-6-8-10-12-14-16-18-20-21-22-23-24-25-26-27-28-29-30-31-32-33-34-36-38-40-42-44-46-52(56)53-50(49-60-61(57,58)59-48-47-54(3,4)5)51(55)45-43-41-39-37-35-19-17-15-13-11-9-7-2/h8,10,13-16,20-21,23-24,26-27,29-30,35,37,43,45,50-51,55H,6-7,9,11-12,17-19,22,25,28,31-34,36,38-42,44,46-49H2,1-5H3,(H-,53,56,57,58)/b10-8-,15-13+,16-14-,21-20-,24-23-,27-26-,30-29-,37-35+,45-43+.